The van der Waals surface area contributed by atoms with Crippen LogP contribution in [0.3, 0.4) is 0 Å². The summed E-state index contributed by atoms with van der Waals surface area (Å²) in [6.07, 6.45) is -0.358. The average molecular weight is 428 g/mol. The van der Waals surface area contributed by atoms with Gasteiger partial charge < -0.3 is 15.7 Å². The molecule has 1 atom stereocenters. The van der Waals surface area contributed by atoms with Crippen LogP contribution in [-0.4, -0.2) is 50.9 Å². The Balaban J connectivity index is 1.63. The minimum Gasteiger partial charge on any atom is -0.369 e. The van der Waals surface area contributed by atoms with Crippen molar-refractivity contribution in [3.63, 3.8) is 0 Å². The molecular weight excluding hydrogens is 408 g/mol. The van der Waals surface area contributed by atoms with Gasteiger partial charge in [0.15, 0.2) is 6.23 Å². The molecule has 9 nitrogen and oxygen atoms in total. The van der Waals surface area contributed by atoms with E-state index in [0.717, 1.165) is 11.2 Å². The van der Waals surface area contributed by atoms with Crippen LogP contribution in [0.2, 0.25) is 0 Å². The third-order valence-corrected chi connectivity index (χ3v) is 5.60. The van der Waals surface area contributed by atoms with E-state index in [2.05, 4.69) is 15.4 Å². The second kappa shape index (κ2) is 7.56. The maximum Gasteiger partial charge on any atom is 0.324 e. The van der Waals surface area contributed by atoms with Gasteiger partial charge in [0.2, 0.25) is 15.8 Å². The molecule has 4 N–H and O–H groups in total. The van der Waals surface area contributed by atoms with Crippen LogP contribution in [0.25, 0.3) is 5.57 Å². The van der Waals surface area contributed by atoms with E-state index in [4.69, 9.17) is 0 Å². The van der Waals surface area contributed by atoms with Crippen molar-refractivity contribution < 1.29 is 23.1 Å². The number of Topliss-reactive ketones (excluding diaryl/α,β-unsaturated/α-hetero) is 1. The van der Waals surface area contributed by atoms with Crippen LogP contribution >= 0.6 is 0 Å². The number of urea groups is 1. The Morgan fingerprint density at radius 3 is 2.47 bits per heavy atom. The fraction of sp³-hybridized carbons (Fsp3) is 0.200. The van der Waals surface area contributed by atoms with Crippen molar-refractivity contribution in [1.29, 1.82) is 0 Å². The number of nitrogens with zero attached hydrogens (tertiary/aromatic N) is 1. The Hall–Kier alpha value is -3.21. The van der Waals surface area contributed by atoms with Gasteiger partial charge in [-0.25, -0.2) is 17.9 Å². The highest BCUT2D eigenvalue weighted by Gasteiger charge is 2.41. The van der Waals surface area contributed by atoms with E-state index in [9.17, 15) is 23.1 Å². The lowest BCUT2D eigenvalue weighted by molar-refractivity contribution is 0.104. The summed E-state index contributed by atoms with van der Waals surface area (Å²) in [7, 11) is -3.37. The molecule has 2 amide bonds. The summed E-state index contributed by atoms with van der Waals surface area (Å²) in [5.74, 6) is -0.255. The number of allylic oxidation sites excluding steroid dienone is 1. The Morgan fingerprint density at radius 1 is 1.10 bits per heavy atom. The number of aliphatic hydroxyl groups excluding tert-OH is 1. The summed E-state index contributed by atoms with van der Waals surface area (Å²) in [4.78, 5) is 26.8. The Labute approximate surface area is 173 Å². The number of rotatable bonds is 4. The largest absolute Gasteiger partial charge is 0.369 e. The van der Waals surface area contributed by atoms with Gasteiger partial charge in [-0.2, -0.15) is 0 Å². The molecular formula is C20H20N4O5S. The molecule has 0 bridgehead atoms. The van der Waals surface area contributed by atoms with Gasteiger partial charge in [0.25, 0.3) is 0 Å². The second-order valence-electron chi connectivity index (χ2n) is 6.95. The first-order valence-electron chi connectivity index (χ1n) is 9.22. The molecule has 156 valence electrons. The number of para-hydroxylation sites is 2. The summed E-state index contributed by atoms with van der Waals surface area (Å²) in [6, 6.07) is 13.3. The number of nitrogens with one attached hydrogen (secondary N) is 3. The van der Waals surface area contributed by atoms with Crippen molar-refractivity contribution in [3.8, 4) is 0 Å². The number of sulfonamides is 1. The van der Waals surface area contributed by atoms with Gasteiger partial charge in [0.05, 0.1) is 17.6 Å². The molecule has 0 aliphatic carbocycles. The first-order valence-corrected chi connectivity index (χ1v) is 11.1. The molecule has 30 heavy (non-hydrogen) atoms. The molecule has 0 radical (unpaired) electrons. The van der Waals surface area contributed by atoms with E-state index in [1.165, 1.54) is 0 Å². The molecule has 1 unspecified atom stereocenters. The number of hydrogen-bond donors (Lipinski definition) is 4. The van der Waals surface area contributed by atoms with Crippen molar-refractivity contribution in [2.45, 2.75) is 6.23 Å². The van der Waals surface area contributed by atoms with Crippen LogP contribution in [0.5, 0.6) is 0 Å². The molecule has 10 heteroatoms. The van der Waals surface area contributed by atoms with Crippen LogP contribution in [0.1, 0.15) is 15.9 Å². The predicted molar refractivity (Wildman–Crippen MR) is 112 cm³/mol. The maximum atomic E-state index is 12.9. The zero-order valence-corrected chi connectivity index (χ0v) is 16.9. The number of fused-ring (bicyclic) bond motifs is 2. The van der Waals surface area contributed by atoms with Gasteiger partial charge in [-0.15, -0.1) is 0 Å². The van der Waals surface area contributed by atoms with Crippen LogP contribution in [0.15, 0.2) is 54.2 Å². The van der Waals surface area contributed by atoms with Crippen molar-refractivity contribution in [2.75, 3.05) is 29.6 Å². The number of aliphatic hydroxyl groups is 1. The van der Waals surface area contributed by atoms with Crippen molar-refractivity contribution in [1.82, 2.24) is 10.0 Å². The van der Waals surface area contributed by atoms with E-state index < -0.39 is 22.3 Å². The SMILES string of the molecule is CS(=O)(=O)NCCNC(=O)N1c2ccccc2/C(=C2/Nc3ccccc3C2=O)C1O. The molecule has 0 spiro atoms. The fourth-order valence-electron chi connectivity index (χ4n) is 3.59. The lowest BCUT2D eigenvalue weighted by atomic mass is 10.0. The molecule has 2 aliphatic rings. The number of ketones is 1. The number of amides is 2. The summed E-state index contributed by atoms with van der Waals surface area (Å²) < 4.78 is 24.6. The van der Waals surface area contributed by atoms with Crippen LogP contribution < -0.4 is 20.3 Å². The molecule has 0 aromatic heterocycles. The Bertz CT molecular complexity index is 1180. The van der Waals surface area contributed by atoms with Gasteiger partial charge >= 0.3 is 6.03 Å². The first-order chi connectivity index (χ1) is 14.3. The zero-order chi connectivity index (χ0) is 21.5. The molecule has 2 aliphatic heterocycles. The summed E-state index contributed by atoms with van der Waals surface area (Å²) in [6.45, 7) is 0.0469. The number of carbonyl (C=O) groups is 2. The number of anilines is 2. The van der Waals surface area contributed by atoms with Crippen LogP contribution in [-0.2, 0) is 10.0 Å². The first kappa shape index (κ1) is 20.1. The number of benzene rings is 2. The van der Waals surface area contributed by atoms with Crippen LogP contribution in [0.4, 0.5) is 16.2 Å². The monoisotopic (exact) mass is 428 g/mol. The summed E-state index contributed by atoms with van der Waals surface area (Å²) in [5, 5.41) is 16.6. The van der Waals surface area contributed by atoms with Gasteiger partial charge in [0, 0.05) is 35.5 Å². The fourth-order valence-corrected chi connectivity index (χ4v) is 4.07. The molecule has 4 rings (SSSR count). The Kier molecular flexibility index (Phi) is 5.06. The Morgan fingerprint density at radius 2 is 1.77 bits per heavy atom. The van der Waals surface area contributed by atoms with E-state index in [-0.39, 0.29) is 24.6 Å². The molecule has 2 aromatic rings. The smallest absolute Gasteiger partial charge is 0.324 e. The van der Waals surface area contributed by atoms with Crippen LogP contribution in [0, 0.1) is 0 Å². The summed E-state index contributed by atoms with van der Waals surface area (Å²) in [5.41, 5.74) is 2.70. The molecule has 0 fully saturated rings. The van der Waals surface area contributed by atoms with E-state index >= 15 is 0 Å². The van der Waals surface area contributed by atoms with Crippen molar-refractivity contribution in [3.05, 3.63) is 65.4 Å². The van der Waals surface area contributed by atoms with E-state index in [1.807, 2.05) is 0 Å². The van der Waals surface area contributed by atoms with E-state index in [1.54, 1.807) is 48.5 Å². The highest BCUT2D eigenvalue weighted by Crippen LogP contribution is 2.43. The van der Waals surface area contributed by atoms with Gasteiger partial charge in [-0.1, -0.05) is 30.3 Å². The standard InChI is InChI=1S/C20H20N4O5S/c1-30(28,29)22-11-10-21-20(27)24-15-9-5-3-7-13(15)16(19(24)26)17-18(25)12-6-2-4-8-14(12)23-17/h2-9,19,22-23,26H,10-11H2,1H3,(H,21,27)/b17-16-. The minimum absolute atomic E-state index is 0.0133. The zero-order valence-electron chi connectivity index (χ0n) is 16.0. The average Bonchev–Trinajstić information content (AvgIpc) is 3.18. The molecule has 0 saturated heterocycles. The third kappa shape index (κ3) is 3.56. The van der Waals surface area contributed by atoms with Gasteiger partial charge in [0.1, 0.15) is 0 Å². The highest BCUT2D eigenvalue weighted by atomic mass is 32.2. The van der Waals surface area contributed by atoms with Crippen molar-refractivity contribution >= 4 is 38.8 Å². The van der Waals surface area contributed by atoms with Gasteiger partial charge in [-0.3, -0.25) is 9.69 Å². The molecule has 2 aromatic carbocycles. The summed E-state index contributed by atoms with van der Waals surface area (Å²) >= 11 is 0. The maximum absolute atomic E-state index is 12.9. The van der Waals surface area contributed by atoms with E-state index in [0.29, 0.717) is 28.1 Å². The lowest BCUT2D eigenvalue weighted by Crippen LogP contribution is -2.46. The lowest BCUT2D eigenvalue weighted by Gasteiger charge is -2.22. The quantitative estimate of drug-likeness (QED) is 0.427. The predicted octanol–water partition coefficient (Wildman–Crippen LogP) is 1.10. The minimum atomic E-state index is -3.37. The van der Waals surface area contributed by atoms with Crippen molar-refractivity contribution in [2.24, 2.45) is 0 Å². The normalized spacial score (nSPS) is 20.0. The molecule has 2 heterocycles. The number of carbonyl (C=O) groups excluding carboxylic acids is 2. The third-order valence-electron chi connectivity index (χ3n) is 4.87. The van der Waals surface area contributed by atoms with Gasteiger partial charge in [-0.05, 0) is 18.2 Å². The highest BCUT2D eigenvalue weighted by molar-refractivity contribution is 7.88. The second-order valence-corrected chi connectivity index (χ2v) is 8.78. The molecule has 0 saturated carbocycles. The topological polar surface area (TPSA) is 128 Å². The number of hydrogen-bond acceptors (Lipinski definition) is 6.